The molecule has 1 amide bonds. The van der Waals surface area contributed by atoms with Crippen LogP contribution in [0.3, 0.4) is 0 Å². The summed E-state index contributed by atoms with van der Waals surface area (Å²) in [6, 6.07) is 8.98. The molecule has 0 radical (unpaired) electrons. The summed E-state index contributed by atoms with van der Waals surface area (Å²) in [5.74, 6) is 0.686. The molecule has 0 spiro atoms. The van der Waals surface area contributed by atoms with Gasteiger partial charge >= 0.3 is 0 Å². The van der Waals surface area contributed by atoms with Crippen molar-refractivity contribution in [3.05, 3.63) is 35.4 Å². The Morgan fingerprint density at radius 1 is 1.24 bits per heavy atom. The number of unbranched alkanes of at least 4 members (excludes halogenated alkanes) is 1. The molecule has 3 nitrogen and oxygen atoms in total. The van der Waals surface area contributed by atoms with Crippen LogP contribution in [0.1, 0.15) is 49.7 Å². The van der Waals surface area contributed by atoms with Gasteiger partial charge in [-0.1, -0.05) is 36.2 Å². The molecule has 116 valence electrons. The van der Waals surface area contributed by atoms with Crippen LogP contribution in [-0.4, -0.2) is 18.5 Å². The number of hydrogen-bond acceptors (Lipinski definition) is 2. The second-order valence-corrected chi connectivity index (χ2v) is 6.29. The summed E-state index contributed by atoms with van der Waals surface area (Å²) in [6.07, 6.45) is 7.18. The number of nitrogens with two attached hydrogens (primary N) is 1. The third-order valence-electron chi connectivity index (χ3n) is 4.55. The van der Waals surface area contributed by atoms with Crippen molar-refractivity contribution in [3.8, 4) is 0 Å². The van der Waals surface area contributed by atoms with Crippen molar-refractivity contribution in [1.82, 2.24) is 5.32 Å². The minimum Gasteiger partial charge on any atom is -0.353 e. The first-order valence-electron chi connectivity index (χ1n) is 8.24. The Balaban J connectivity index is 1.62. The number of benzene rings is 1. The maximum atomic E-state index is 12.0. The first-order valence-corrected chi connectivity index (χ1v) is 8.24. The zero-order valence-corrected chi connectivity index (χ0v) is 13.1. The van der Waals surface area contributed by atoms with Crippen LogP contribution in [0.15, 0.2) is 24.3 Å². The minimum absolute atomic E-state index is 0.198. The molecule has 3 N–H and O–H groups in total. The van der Waals surface area contributed by atoms with Crippen LogP contribution in [0.25, 0.3) is 0 Å². The van der Waals surface area contributed by atoms with E-state index in [4.69, 9.17) is 5.73 Å². The third kappa shape index (κ3) is 5.16. The van der Waals surface area contributed by atoms with Gasteiger partial charge in [0.15, 0.2) is 0 Å². The quantitative estimate of drug-likeness (QED) is 0.758. The fourth-order valence-electron chi connectivity index (χ4n) is 3.16. The highest BCUT2D eigenvalue weighted by Gasteiger charge is 2.26. The van der Waals surface area contributed by atoms with Crippen molar-refractivity contribution >= 4 is 5.91 Å². The molecule has 1 aliphatic carbocycles. The molecule has 0 saturated heterocycles. The molecule has 0 aromatic heterocycles. The van der Waals surface area contributed by atoms with E-state index in [1.54, 1.807) is 0 Å². The van der Waals surface area contributed by atoms with Crippen LogP contribution < -0.4 is 11.1 Å². The third-order valence-corrected chi connectivity index (χ3v) is 4.55. The van der Waals surface area contributed by atoms with Gasteiger partial charge in [-0.05, 0) is 57.1 Å². The molecule has 3 heteroatoms. The van der Waals surface area contributed by atoms with Crippen LogP contribution in [0.5, 0.6) is 0 Å². The number of aryl methyl sites for hydroxylation is 2. The van der Waals surface area contributed by atoms with Crippen molar-refractivity contribution < 1.29 is 4.79 Å². The number of nitrogens with one attached hydrogen (secondary N) is 1. The molecule has 2 atom stereocenters. The number of amides is 1. The molecule has 0 aliphatic heterocycles. The smallest absolute Gasteiger partial charge is 0.220 e. The Morgan fingerprint density at radius 3 is 2.71 bits per heavy atom. The van der Waals surface area contributed by atoms with Gasteiger partial charge in [0, 0.05) is 12.5 Å². The maximum Gasteiger partial charge on any atom is 0.220 e. The average molecular weight is 288 g/mol. The van der Waals surface area contributed by atoms with Crippen LogP contribution >= 0.6 is 0 Å². The van der Waals surface area contributed by atoms with Gasteiger partial charge in [0.25, 0.3) is 0 Å². The number of carbonyl (C=O) groups is 1. The summed E-state index contributed by atoms with van der Waals surface area (Å²) in [6.45, 7) is 2.80. The summed E-state index contributed by atoms with van der Waals surface area (Å²) in [5, 5.41) is 3.17. The Kier molecular flexibility index (Phi) is 6.24. The molecule has 1 aromatic carbocycles. The molecule has 1 aliphatic rings. The summed E-state index contributed by atoms with van der Waals surface area (Å²) >= 11 is 0. The predicted molar refractivity (Wildman–Crippen MR) is 87.1 cm³/mol. The number of carbonyl (C=O) groups excluding carboxylic acids is 1. The van der Waals surface area contributed by atoms with Crippen molar-refractivity contribution in [2.45, 2.75) is 57.9 Å². The number of rotatable bonds is 7. The highest BCUT2D eigenvalue weighted by atomic mass is 16.1. The Bertz CT molecular complexity index is 441. The SMILES string of the molecule is Cc1ccc(CCCCC(=O)NC2CCCC2CN)cc1. The van der Waals surface area contributed by atoms with Gasteiger partial charge in [-0.2, -0.15) is 0 Å². The van der Waals surface area contributed by atoms with Crippen LogP contribution in [-0.2, 0) is 11.2 Å². The Labute approximate surface area is 128 Å². The highest BCUT2D eigenvalue weighted by molar-refractivity contribution is 5.76. The molecule has 21 heavy (non-hydrogen) atoms. The summed E-state index contributed by atoms with van der Waals surface area (Å²) in [5.41, 5.74) is 8.40. The molecule has 2 unspecified atom stereocenters. The van der Waals surface area contributed by atoms with Crippen LogP contribution in [0.4, 0.5) is 0 Å². The fourth-order valence-corrected chi connectivity index (χ4v) is 3.16. The van der Waals surface area contributed by atoms with Gasteiger partial charge in [0.2, 0.25) is 5.91 Å². The first-order chi connectivity index (χ1) is 10.2. The zero-order valence-electron chi connectivity index (χ0n) is 13.1. The van der Waals surface area contributed by atoms with E-state index in [2.05, 4.69) is 36.5 Å². The van der Waals surface area contributed by atoms with Gasteiger partial charge in [-0.15, -0.1) is 0 Å². The lowest BCUT2D eigenvalue weighted by molar-refractivity contribution is -0.122. The van der Waals surface area contributed by atoms with E-state index in [9.17, 15) is 4.79 Å². The predicted octanol–water partition coefficient (Wildman–Crippen LogP) is 2.95. The monoisotopic (exact) mass is 288 g/mol. The highest BCUT2D eigenvalue weighted by Crippen LogP contribution is 2.24. The lowest BCUT2D eigenvalue weighted by Crippen LogP contribution is -2.39. The van der Waals surface area contributed by atoms with Gasteiger partial charge in [-0.25, -0.2) is 0 Å². The van der Waals surface area contributed by atoms with Gasteiger partial charge in [0.1, 0.15) is 0 Å². The van der Waals surface area contributed by atoms with E-state index in [0.717, 1.165) is 32.1 Å². The fraction of sp³-hybridized carbons (Fsp3) is 0.611. The van der Waals surface area contributed by atoms with E-state index in [1.165, 1.54) is 17.5 Å². The van der Waals surface area contributed by atoms with Gasteiger partial charge in [0.05, 0.1) is 0 Å². The van der Waals surface area contributed by atoms with E-state index in [-0.39, 0.29) is 5.91 Å². The summed E-state index contributed by atoms with van der Waals surface area (Å²) in [7, 11) is 0. The van der Waals surface area contributed by atoms with Gasteiger partial charge in [-0.3, -0.25) is 4.79 Å². The van der Waals surface area contributed by atoms with Crippen LogP contribution in [0.2, 0.25) is 0 Å². The standard InChI is InChI=1S/C18H28N2O/c1-14-9-11-15(12-10-14)5-2-3-8-18(21)20-17-7-4-6-16(17)13-19/h9-12,16-17H,2-8,13,19H2,1H3,(H,20,21). The summed E-state index contributed by atoms with van der Waals surface area (Å²) < 4.78 is 0. The van der Waals surface area contributed by atoms with Crippen LogP contribution in [0, 0.1) is 12.8 Å². The molecule has 0 bridgehead atoms. The summed E-state index contributed by atoms with van der Waals surface area (Å²) in [4.78, 5) is 12.0. The molecule has 1 fully saturated rings. The van der Waals surface area contributed by atoms with E-state index < -0.39 is 0 Å². The van der Waals surface area contributed by atoms with Crippen molar-refractivity contribution in [3.63, 3.8) is 0 Å². The van der Waals surface area contributed by atoms with E-state index in [0.29, 0.717) is 24.9 Å². The Hall–Kier alpha value is -1.35. The lowest BCUT2D eigenvalue weighted by Gasteiger charge is -2.19. The lowest BCUT2D eigenvalue weighted by atomic mass is 10.0. The van der Waals surface area contributed by atoms with Crippen molar-refractivity contribution in [2.75, 3.05) is 6.54 Å². The van der Waals surface area contributed by atoms with Crippen molar-refractivity contribution in [2.24, 2.45) is 11.7 Å². The minimum atomic E-state index is 0.198. The molecule has 1 saturated carbocycles. The zero-order chi connectivity index (χ0) is 15.1. The average Bonchev–Trinajstić information content (AvgIpc) is 2.92. The number of hydrogen-bond donors (Lipinski definition) is 2. The molecule has 2 rings (SSSR count). The molecular weight excluding hydrogens is 260 g/mol. The largest absolute Gasteiger partial charge is 0.353 e. The Morgan fingerprint density at radius 2 is 2.00 bits per heavy atom. The van der Waals surface area contributed by atoms with E-state index >= 15 is 0 Å². The molecule has 0 heterocycles. The normalized spacial score (nSPS) is 21.4. The molecule has 1 aromatic rings. The van der Waals surface area contributed by atoms with Gasteiger partial charge < -0.3 is 11.1 Å². The molecular formula is C18H28N2O. The topological polar surface area (TPSA) is 55.1 Å². The van der Waals surface area contributed by atoms with Crippen molar-refractivity contribution in [1.29, 1.82) is 0 Å². The second-order valence-electron chi connectivity index (χ2n) is 6.29. The first kappa shape index (κ1) is 16.0. The maximum absolute atomic E-state index is 12.0. The second kappa shape index (κ2) is 8.18. The van der Waals surface area contributed by atoms with E-state index in [1.807, 2.05) is 0 Å².